The molecule has 1 heterocycles. The van der Waals surface area contributed by atoms with Crippen molar-refractivity contribution in [3.8, 4) is 5.75 Å². The summed E-state index contributed by atoms with van der Waals surface area (Å²) >= 11 is 0. The molecule has 0 aliphatic carbocycles. The molecule has 1 saturated heterocycles. The molecule has 1 amide bonds. The molecule has 0 radical (unpaired) electrons. The number of carbonyl (C=O) groups is 1. The summed E-state index contributed by atoms with van der Waals surface area (Å²) in [5.41, 5.74) is 2.39. The first kappa shape index (κ1) is 17.5. The highest BCUT2D eigenvalue weighted by Crippen LogP contribution is 2.16. The largest absolute Gasteiger partial charge is 0.484 e. The number of benzene rings is 2. The summed E-state index contributed by atoms with van der Waals surface area (Å²) < 4.78 is 5.62. The molecule has 0 atom stereocenters. The monoisotopic (exact) mass is 338 g/mol. The first-order valence-electron chi connectivity index (χ1n) is 8.95. The molecule has 0 spiro atoms. The van der Waals surface area contributed by atoms with Gasteiger partial charge < -0.3 is 10.1 Å². The molecule has 0 saturated carbocycles. The summed E-state index contributed by atoms with van der Waals surface area (Å²) in [6.07, 6.45) is 1.98. The van der Waals surface area contributed by atoms with E-state index in [4.69, 9.17) is 4.74 Å². The fourth-order valence-corrected chi connectivity index (χ4v) is 3.21. The van der Waals surface area contributed by atoms with E-state index in [1.807, 2.05) is 37.3 Å². The Morgan fingerprint density at radius 2 is 1.76 bits per heavy atom. The average Bonchev–Trinajstić information content (AvgIpc) is 2.64. The van der Waals surface area contributed by atoms with Gasteiger partial charge in [-0.25, -0.2) is 0 Å². The zero-order valence-corrected chi connectivity index (χ0v) is 14.8. The van der Waals surface area contributed by atoms with Gasteiger partial charge in [0.05, 0.1) is 0 Å². The SMILES string of the molecule is Cc1ccccc1OCC(=O)NC1CCN(Cc2ccccc2)CC1. The van der Waals surface area contributed by atoms with Crippen molar-refractivity contribution in [3.63, 3.8) is 0 Å². The second-order valence-corrected chi connectivity index (χ2v) is 6.66. The first-order chi connectivity index (χ1) is 12.2. The Hall–Kier alpha value is -2.33. The van der Waals surface area contributed by atoms with Crippen molar-refractivity contribution in [3.05, 3.63) is 65.7 Å². The van der Waals surface area contributed by atoms with Crippen LogP contribution in [-0.2, 0) is 11.3 Å². The van der Waals surface area contributed by atoms with Gasteiger partial charge in [0.25, 0.3) is 5.91 Å². The first-order valence-corrected chi connectivity index (χ1v) is 8.95. The van der Waals surface area contributed by atoms with E-state index in [-0.39, 0.29) is 18.6 Å². The van der Waals surface area contributed by atoms with Crippen molar-refractivity contribution in [2.24, 2.45) is 0 Å². The van der Waals surface area contributed by atoms with Crippen molar-refractivity contribution in [2.75, 3.05) is 19.7 Å². The highest BCUT2D eigenvalue weighted by Gasteiger charge is 2.20. The van der Waals surface area contributed by atoms with Crippen LogP contribution in [0.4, 0.5) is 0 Å². The van der Waals surface area contributed by atoms with E-state index >= 15 is 0 Å². The third-order valence-electron chi connectivity index (χ3n) is 4.65. The quantitative estimate of drug-likeness (QED) is 0.880. The van der Waals surface area contributed by atoms with Crippen LogP contribution in [0.2, 0.25) is 0 Å². The number of amides is 1. The minimum atomic E-state index is -0.0373. The molecule has 0 aromatic heterocycles. The van der Waals surface area contributed by atoms with Crippen LogP contribution in [0.1, 0.15) is 24.0 Å². The molecule has 4 heteroatoms. The van der Waals surface area contributed by atoms with Gasteiger partial charge in [0, 0.05) is 25.7 Å². The number of ether oxygens (including phenoxy) is 1. The van der Waals surface area contributed by atoms with Crippen molar-refractivity contribution in [1.82, 2.24) is 10.2 Å². The maximum absolute atomic E-state index is 12.1. The molecule has 1 fully saturated rings. The van der Waals surface area contributed by atoms with E-state index in [0.717, 1.165) is 43.8 Å². The number of nitrogens with zero attached hydrogens (tertiary/aromatic N) is 1. The Balaban J connectivity index is 1.38. The van der Waals surface area contributed by atoms with Gasteiger partial charge in [0.1, 0.15) is 5.75 Å². The highest BCUT2D eigenvalue weighted by molar-refractivity contribution is 5.77. The fourth-order valence-electron chi connectivity index (χ4n) is 3.21. The molecule has 3 rings (SSSR count). The molecule has 1 aliphatic heterocycles. The van der Waals surface area contributed by atoms with Gasteiger partial charge in [-0.3, -0.25) is 9.69 Å². The molecule has 4 nitrogen and oxygen atoms in total. The van der Waals surface area contributed by atoms with Gasteiger partial charge in [-0.2, -0.15) is 0 Å². The van der Waals surface area contributed by atoms with Crippen LogP contribution in [0.3, 0.4) is 0 Å². The second kappa shape index (κ2) is 8.67. The third-order valence-corrected chi connectivity index (χ3v) is 4.65. The van der Waals surface area contributed by atoms with Crippen LogP contribution in [0.25, 0.3) is 0 Å². The number of likely N-dealkylation sites (tertiary alicyclic amines) is 1. The summed E-state index contributed by atoms with van der Waals surface area (Å²) in [5, 5.41) is 3.10. The lowest BCUT2D eigenvalue weighted by atomic mass is 10.0. The molecule has 132 valence electrons. The number of aryl methyl sites for hydroxylation is 1. The van der Waals surface area contributed by atoms with Crippen LogP contribution >= 0.6 is 0 Å². The summed E-state index contributed by atoms with van der Waals surface area (Å²) in [4.78, 5) is 14.6. The van der Waals surface area contributed by atoms with Gasteiger partial charge in [-0.05, 0) is 37.0 Å². The molecule has 1 N–H and O–H groups in total. The highest BCUT2D eigenvalue weighted by atomic mass is 16.5. The molecule has 0 unspecified atom stereocenters. The van der Waals surface area contributed by atoms with Gasteiger partial charge in [0.2, 0.25) is 0 Å². The number of hydrogen-bond acceptors (Lipinski definition) is 3. The molecule has 25 heavy (non-hydrogen) atoms. The maximum atomic E-state index is 12.1. The van der Waals surface area contributed by atoms with Crippen LogP contribution in [0, 0.1) is 6.92 Å². The number of para-hydroxylation sites is 1. The minimum Gasteiger partial charge on any atom is -0.484 e. The Kier molecular flexibility index (Phi) is 6.07. The van der Waals surface area contributed by atoms with Crippen molar-refractivity contribution in [1.29, 1.82) is 0 Å². The van der Waals surface area contributed by atoms with Crippen LogP contribution in [-0.4, -0.2) is 36.5 Å². The van der Waals surface area contributed by atoms with Gasteiger partial charge in [0.15, 0.2) is 6.61 Å². The molecule has 2 aromatic rings. The molecule has 2 aromatic carbocycles. The third kappa shape index (κ3) is 5.33. The molecular weight excluding hydrogens is 312 g/mol. The summed E-state index contributed by atoms with van der Waals surface area (Å²) in [6.45, 7) is 5.07. The van der Waals surface area contributed by atoms with E-state index in [2.05, 4.69) is 34.5 Å². The van der Waals surface area contributed by atoms with Crippen molar-refractivity contribution < 1.29 is 9.53 Å². The standard InChI is InChI=1S/C21H26N2O2/c1-17-7-5-6-10-20(17)25-16-21(24)22-19-11-13-23(14-12-19)15-18-8-3-2-4-9-18/h2-10,19H,11-16H2,1H3,(H,22,24). The Morgan fingerprint density at radius 3 is 2.48 bits per heavy atom. The van der Waals surface area contributed by atoms with E-state index in [9.17, 15) is 4.79 Å². The second-order valence-electron chi connectivity index (χ2n) is 6.66. The zero-order chi connectivity index (χ0) is 17.5. The van der Waals surface area contributed by atoms with Gasteiger partial charge in [-0.1, -0.05) is 48.5 Å². The van der Waals surface area contributed by atoms with Crippen LogP contribution < -0.4 is 10.1 Å². The molecular formula is C21H26N2O2. The van der Waals surface area contributed by atoms with E-state index < -0.39 is 0 Å². The van der Waals surface area contributed by atoms with Gasteiger partial charge in [-0.15, -0.1) is 0 Å². The van der Waals surface area contributed by atoms with Crippen molar-refractivity contribution in [2.45, 2.75) is 32.4 Å². The lowest BCUT2D eigenvalue weighted by molar-refractivity contribution is -0.124. The van der Waals surface area contributed by atoms with Crippen molar-refractivity contribution >= 4 is 5.91 Å². The predicted octanol–water partition coefficient (Wildman–Crippen LogP) is 3.15. The zero-order valence-electron chi connectivity index (χ0n) is 14.8. The van der Waals surface area contributed by atoms with Gasteiger partial charge >= 0.3 is 0 Å². The average molecular weight is 338 g/mol. The number of rotatable bonds is 6. The smallest absolute Gasteiger partial charge is 0.258 e. The number of piperidine rings is 1. The van der Waals surface area contributed by atoms with Crippen LogP contribution in [0.15, 0.2) is 54.6 Å². The van der Waals surface area contributed by atoms with E-state index in [0.29, 0.717) is 0 Å². The predicted molar refractivity (Wildman–Crippen MR) is 99.6 cm³/mol. The number of hydrogen-bond donors (Lipinski definition) is 1. The Bertz CT molecular complexity index is 679. The van der Waals surface area contributed by atoms with E-state index in [1.54, 1.807) is 0 Å². The maximum Gasteiger partial charge on any atom is 0.258 e. The lowest BCUT2D eigenvalue weighted by Gasteiger charge is -2.32. The Labute approximate surface area is 149 Å². The lowest BCUT2D eigenvalue weighted by Crippen LogP contribution is -2.45. The topological polar surface area (TPSA) is 41.6 Å². The summed E-state index contributed by atoms with van der Waals surface area (Å²) in [5.74, 6) is 0.736. The van der Waals surface area contributed by atoms with Crippen LogP contribution in [0.5, 0.6) is 5.75 Å². The minimum absolute atomic E-state index is 0.0373. The fraction of sp³-hybridized carbons (Fsp3) is 0.381. The molecule has 0 bridgehead atoms. The number of carbonyl (C=O) groups excluding carboxylic acids is 1. The molecule has 1 aliphatic rings. The Morgan fingerprint density at radius 1 is 1.08 bits per heavy atom. The summed E-state index contributed by atoms with van der Waals surface area (Å²) in [6, 6.07) is 18.5. The normalized spacial score (nSPS) is 15.7. The van der Waals surface area contributed by atoms with E-state index in [1.165, 1.54) is 5.56 Å². The summed E-state index contributed by atoms with van der Waals surface area (Å²) in [7, 11) is 0. The number of nitrogens with one attached hydrogen (secondary N) is 1.